The molecule has 17 heavy (non-hydrogen) atoms. The van der Waals surface area contributed by atoms with Crippen molar-refractivity contribution in [3.8, 4) is 0 Å². The van der Waals surface area contributed by atoms with Gasteiger partial charge in [-0.1, -0.05) is 11.2 Å². The van der Waals surface area contributed by atoms with Crippen molar-refractivity contribution in [2.75, 3.05) is 5.32 Å². The summed E-state index contributed by atoms with van der Waals surface area (Å²) < 4.78 is 31.1. The third-order valence-corrected chi connectivity index (χ3v) is 2.20. The molecule has 2 rings (SSSR count). The van der Waals surface area contributed by atoms with Crippen molar-refractivity contribution in [1.82, 2.24) is 5.16 Å². The van der Waals surface area contributed by atoms with E-state index in [-0.39, 0.29) is 5.56 Å². The average molecular weight is 238 g/mol. The van der Waals surface area contributed by atoms with E-state index in [0.29, 0.717) is 5.69 Å². The summed E-state index contributed by atoms with van der Waals surface area (Å²) in [5.74, 6) is -2.35. The first-order valence-electron chi connectivity index (χ1n) is 4.76. The molecule has 1 aromatic heterocycles. The lowest BCUT2D eigenvalue weighted by molar-refractivity contribution is 0.102. The van der Waals surface area contributed by atoms with Gasteiger partial charge in [0, 0.05) is 0 Å². The summed E-state index contributed by atoms with van der Waals surface area (Å²) in [5.41, 5.74) is -0.00926. The third-order valence-electron chi connectivity index (χ3n) is 2.20. The lowest BCUT2D eigenvalue weighted by Crippen LogP contribution is -2.14. The largest absolute Gasteiger partial charge is 0.364 e. The summed E-state index contributed by atoms with van der Waals surface area (Å²) in [4.78, 5) is 11.7. The highest BCUT2D eigenvalue weighted by Crippen LogP contribution is 2.19. The molecule has 0 radical (unpaired) electrons. The molecule has 1 heterocycles. The second kappa shape index (κ2) is 4.32. The minimum Gasteiger partial charge on any atom is -0.364 e. The van der Waals surface area contributed by atoms with E-state index in [9.17, 15) is 13.6 Å². The predicted octanol–water partition coefficient (Wildman–Crippen LogP) is 2.51. The maximum absolute atomic E-state index is 13.3. The van der Waals surface area contributed by atoms with Gasteiger partial charge in [0.15, 0.2) is 0 Å². The summed E-state index contributed by atoms with van der Waals surface area (Å²) in [5, 5.41) is 5.63. The number of rotatable bonds is 2. The smallest absolute Gasteiger partial charge is 0.261 e. The second-order valence-corrected chi connectivity index (χ2v) is 3.36. The molecule has 2 aromatic rings. The van der Waals surface area contributed by atoms with Gasteiger partial charge < -0.3 is 9.84 Å². The van der Waals surface area contributed by atoms with E-state index in [1.807, 2.05) is 0 Å². The Bertz CT molecular complexity index is 546. The molecule has 1 N–H and O–H groups in total. The van der Waals surface area contributed by atoms with E-state index in [1.165, 1.54) is 6.07 Å². The van der Waals surface area contributed by atoms with Gasteiger partial charge in [-0.15, -0.1) is 0 Å². The zero-order valence-electron chi connectivity index (χ0n) is 8.83. The molecule has 0 aliphatic carbocycles. The molecule has 0 atom stereocenters. The molecule has 0 spiro atoms. The Morgan fingerprint density at radius 2 is 2.00 bits per heavy atom. The third kappa shape index (κ3) is 2.15. The Morgan fingerprint density at radius 1 is 1.35 bits per heavy atom. The van der Waals surface area contributed by atoms with Crippen molar-refractivity contribution < 1.29 is 18.1 Å². The van der Waals surface area contributed by atoms with Crippen molar-refractivity contribution in [2.45, 2.75) is 6.92 Å². The van der Waals surface area contributed by atoms with E-state index < -0.39 is 23.2 Å². The number of aryl methyl sites for hydroxylation is 1. The summed E-state index contributed by atoms with van der Waals surface area (Å²) in [6.45, 7) is 1.55. The van der Waals surface area contributed by atoms with Crippen LogP contribution >= 0.6 is 0 Å². The normalized spacial score (nSPS) is 10.3. The van der Waals surface area contributed by atoms with Gasteiger partial charge in [0.2, 0.25) is 0 Å². The number of anilines is 1. The Kier molecular flexibility index (Phi) is 2.86. The van der Waals surface area contributed by atoms with Crippen LogP contribution in [-0.4, -0.2) is 11.1 Å². The summed E-state index contributed by atoms with van der Waals surface area (Å²) in [6.07, 6.45) is 1.11. The number of para-hydroxylation sites is 1. The number of carbonyl (C=O) groups is 1. The highest BCUT2D eigenvalue weighted by molar-refractivity contribution is 6.04. The Balaban J connectivity index is 2.28. The SMILES string of the molecule is Cc1nocc1C(=O)Nc1c(F)cccc1F. The molecule has 0 aliphatic heterocycles. The van der Waals surface area contributed by atoms with Crippen molar-refractivity contribution in [1.29, 1.82) is 0 Å². The zero-order valence-corrected chi connectivity index (χ0v) is 8.83. The first kappa shape index (κ1) is 11.3. The molecule has 0 saturated carbocycles. The van der Waals surface area contributed by atoms with Gasteiger partial charge in [0.05, 0.1) is 5.69 Å². The first-order chi connectivity index (χ1) is 8.09. The quantitative estimate of drug-likeness (QED) is 0.874. The number of benzene rings is 1. The van der Waals surface area contributed by atoms with E-state index in [1.54, 1.807) is 6.92 Å². The number of halogens is 2. The van der Waals surface area contributed by atoms with Gasteiger partial charge in [-0.2, -0.15) is 0 Å². The monoisotopic (exact) mass is 238 g/mol. The fraction of sp³-hybridized carbons (Fsp3) is 0.0909. The summed E-state index contributed by atoms with van der Waals surface area (Å²) in [7, 11) is 0. The molecule has 4 nitrogen and oxygen atoms in total. The van der Waals surface area contributed by atoms with Crippen LogP contribution < -0.4 is 5.32 Å². The number of carbonyl (C=O) groups excluding carboxylic acids is 1. The van der Waals surface area contributed by atoms with Crippen molar-refractivity contribution in [3.05, 3.63) is 47.4 Å². The van der Waals surface area contributed by atoms with E-state index >= 15 is 0 Å². The molecule has 1 aromatic carbocycles. The van der Waals surface area contributed by atoms with Gasteiger partial charge in [0.1, 0.15) is 29.1 Å². The fourth-order valence-corrected chi connectivity index (χ4v) is 1.31. The Hall–Kier alpha value is -2.24. The van der Waals surface area contributed by atoms with E-state index in [2.05, 4.69) is 15.0 Å². The second-order valence-electron chi connectivity index (χ2n) is 3.36. The predicted molar refractivity (Wildman–Crippen MR) is 55.6 cm³/mol. The maximum Gasteiger partial charge on any atom is 0.261 e. The van der Waals surface area contributed by atoms with Crippen LogP contribution in [0.4, 0.5) is 14.5 Å². The Labute approximate surface area is 95.2 Å². The van der Waals surface area contributed by atoms with Crippen LogP contribution in [0.3, 0.4) is 0 Å². The highest BCUT2D eigenvalue weighted by atomic mass is 19.1. The van der Waals surface area contributed by atoms with Crippen molar-refractivity contribution in [3.63, 3.8) is 0 Å². The van der Waals surface area contributed by atoms with Crippen LogP contribution in [0.5, 0.6) is 0 Å². The lowest BCUT2D eigenvalue weighted by atomic mass is 10.2. The van der Waals surface area contributed by atoms with Gasteiger partial charge in [-0.3, -0.25) is 4.79 Å². The minimum atomic E-state index is -0.840. The van der Waals surface area contributed by atoms with Gasteiger partial charge in [0.25, 0.3) is 5.91 Å². The molecule has 0 fully saturated rings. The molecule has 1 amide bonds. The molecule has 6 heteroatoms. The number of hydrogen-bond donors (Lipinski definition) is 1. The van der Waals surface area contributed by atoms with E-state index in [0.717, 1.165) is 18.4 Å². The minimum absolute atomic E-state index is 0.132. The average Bonchev–Trinajstić information content (AvgIpc) is 2.70. The van der Waals surface area contributed by atoms with Crippen molar-refractivity contribution >= 4 is 11.6 Å². The number of nitrogens with zero attached hydrogens (tertiary/aromatic N) is 1. The maximum atomic E-state index is 13.3. The van der Waals surface area contributed by atoms with Gasteiger partial charge in [-0.25, -0.2) is 8.78 Å². The first-order valence-corrected chi connectivity index (χ1v) is 4.76. The van der Waals surface area contributed by atoms with Crippen LogP contribution in [0.15, 0.2) is 29.0 Å². The molecule has 0 unspecified atom stereocenters. The zero-order chi connectivity index (χ0) is 12.4. The summed E-state index contributed by atoms with van der Waals surface area (Å²) >= 11 is 0. The molecule has 0 saturated heterocycles. The molecule has 0 aliphatic rings. The molecular formula is C11H8F2N2O2. The molecule has 88 valence electrons. The van der Waals surface area contributed by atoms with Crippen LogP contribution in [0.1, 0.15) is 16.1 Å². The number of nitrogens with one attached hydrogen (secondary N) is 1. The fourth-order valence-electron chi connectivity index (χ4n) is 1.31. The number of hydrogen-bond acceptors (Lipinski definition) is 3. The molecular weight excluding hydrogens is 230 g/mol. The summed E-state index contributed by atoms with van der Waals surface area (Å²) in [6, 6.07) is 3.32. The van der Waals surface area contributed by atoms with Crippen LogP contribution in [0.25, 0.3) is 0 Å². The molecule has 0 bridgehead atoms. The van der Waals surface area contributed by atoms with Crippen LogP contribution in [-0.2, 0) is 0 Å². The Morgan fingerprint density at radius 3 is 2.53 bits per heavy atom. The van der Waals surface area contributed by atoms with Gasteiger partial charge >= 0.3 is 0 Å². The lowest BCUT2D eigenvalue weighted by Gasteiger charge is -2.05. The van der Waals surface area contributed by atoms with Crippen molar-refractivity contribution in [2.24, 2.45) is 0 Å². The van der Waals surface area contributed by atoms with Crippen LogP contribution in [0, 0.1) is 18.6 Å². The highest BCUT2D eigenvalue weighted by Gasteiger charge is 2.16. The topological polar surface area (TPSA) is 55.1 Å². The van der Waals surface area contributed by atoms with Crippen LogP contribution in [0.2, 0.25) is 0 Å². The van der Waals surface area contributed by atoms with Gasteiger partial charge in [-0.05, 0) is 19.1 Å². The number of amides is 1. The number of aromatic nitrogens is 1. The standard InChI is InChI=1S/C11H8F2N2O2/c1-6-7(5-17-15-6)11(16)14-10-8(12)3-2-4-9(10)13/h2-5H,1H3,(H,14,16). The van der Waals surface area contributed by atoms with E-state index in [4.69, 9.17) is 0 Å².